The molecular formula is C16H18BrF3N6. The minimum absolute atomic E-state index is 0.0305. The van der Waals surface area contributed by atoms with Gasteiger partial charge in [-0.2, -0.15) is 18.2 Å². The maximum atomic E-state index is 13.3. The summed E-state index contributed by atoms with van der Waals surface area (Å²) in [5.74, 6) is 1.33. The summed E-state index contributed by atoms with van der Waals surface area (Å²) in [5.41, 5.74) is -0.725. The van der Waals surface area contributed by atoms with E-state index in [0.29, 0.717) is 36.6 Å². The monoisotopic (exact) mass is 430 g/mol. The van der Waals surface area contributed by atoms with E-state index >= 15 is 0 Å². The molecule has 0 spiro atoms. The predicted octanol–water partition coefficient (Wildman–Crippen LogP) is 3.05. The van der Waals surface area contributed by atoms with E-state index in [2.05, 4.69) is 30.9 Å². The van der Waals surface area contributed by atoms with Gasteiger partial charge in [0.2, 0.25) is 5.95 Å². The molecule has 0 aliphatic carbocycles. The zero-order valence-electron chi connectivity index (χ0n) is 14.3. The summed E-state index contributed by atoms with van der Waals surface area (Å²) in [7, 11) is 3.71. The molecule has 140 valence electrons. The van der Waals surface area contributed by atoms with Crippen molar-refractivity contribution in [3.05, 3.63) is 34.6 Å². The largest absolute Gasteiger partial charge is 0.419 e. The first kappa shape index (κ1) is 18.7. The summed E-state index contributed by atoms with van der Waals surface area (Å²) in [5, 5.41) is 0. The van der Waals surface area contributed by atoms with Crippen LogP contribution in [0.1, 0.15) is 5.56 Å². The summed E-state index contributed by atoms with van der Waals surface area (Å²) in [4.78, 5) is 18.2. The molecule has 1 saturated heterocycles. The fourth-order valence-electron chi connectivity index (χ4n) is 2.77. The first-order chi connectivity index (χ1) is 12.3. The molecule has 0 saturated carbocycles. The van der Waals surface area contributed by atoms with Crippen molar-refractivity contribution >= 4 is 33.5 Å². The third-order valence-electron chi connectivity index (χ3n) is 4.07. The second kappa shape index (κ2) is 7.26. The lowest BCUT2D eigenvalue weighted by Crippen LogP contribution is -2.47. The first-order valence-corrected chi connectivity index (χ1v) is 8.78. The van der Waals surface area contributed by atoms with Crippen molar-refractivity contribution in [2.75, 3.05) is 55.0 Å². The number of piperazine rings is 1. The van der Waals surface area contributed by atoms with Crippen LogP contribution in [0.5, 0.6) is 0 Å². The number of rotatable bonds is 3. The Labute approximate surface area is 157 Å². The standard InChI is InChI=1S/C16H18BrF3N6/c1-24(2)15-21-4-3-13(23-15)25-5-7-26(8-6-25)14-12(16(18,19)20)9-11(17)10-22-14/h3-4,9-10H,5-8H2,1-2H3. The van der Waals surface area contributed by atoms with Crippen LogP contribution in [-0.2, 0) is 6.18 Å². The molecule has 0 radical (unpaired) electrons. The quantitative estimate of drug-likeness (QED) is 0.745. The second-order valence-electron chi connectivity index (χ2n) is 6.11. The van der Waals surface area contributed by atoms with Gasteiger partial charge in [-0.25, -0.2) is 9.97 Å². The van der Waals surface area contributed by atoms with E-state index in [1.165, 1.54) is 6.20 Å². The van der Waals surface area contributed by atoms with Gasteiger partial charge in [0, 0.05) is 57.1 Å². The molecule has 1 fully saturated rings. The Morgan fingerprint density at radius 1 is 1.08 bits per heavy atom. The maximum absolute atomic E-state index is 13.3. The van der Waals surface area contributed by atoms with Crippen molar-refractivity contribution in [3.8, 4) is 0 Å². The third kappa shape index (κ3) is 4.00. The number of hydrogen-bond donors (Lipinski definition) is 0. The van der Waals surface area contributed by atoms with Crippen LogP contribution in [0.15, 0.2) is 29.0 Å². The van der Waals surface area contributed by atoms with E-state index in [1.807, 2.05) is 25.1 Å². The van der Waals surface area contributed by atoms with E-state index in [0.717, 1.165) is 11.9 Å². The van der Waals surface area contributed by atoms with Crippen molar-refractivity contribution in [3.63, 3.8) is 0 Å². The molecule has 0 amide bonds. The van der Waals surface area contributed by atoms with Crippen molar-refractivity contribution in [2.45, 2.75) is 6.18 Å². The molecule has 1 aliphatic rings. The zero-order chi connectivity index (χ0) is 18.9. The highest BCUT2D eigenvalue weighted by molar-refractivity contribution is 9.10. The Balaban J connectivity index is 1.76. The highest BCUT2D eigenvalue weighted by Gasteiger charge is 2.36. The van der Waals surface area contributed by atoms with Gasteiger partial charge in [0.05, 0.1) is 5.56 Å². The van der Waals surface area contributed by atoms with Crippen molar-refractivity contribution in [1.82, 2.24) is 15.0 Å². The molecule has 3 rings (SSSR count). The van der Waals surface area contributed by atoms with Crippen LogP contribution in [0, 0.1) is 0 Å². The summed E-state index contributed by atoms with van der Waals surface area (Å²) in [6.45, 7) is 1.97. The van der Waals surface area contributed by atoms with Crippen LogP contribution in [0.3, 0.4) is 0 Å². The number of pyridine rings is 1. The lowest BCUT2D eigenvalue weighted by atomic mass is 10.2. The smallest absolute Gasteiger partial charge is 0.353 e. The Hall–Kier alpha value is -2.10. The van der Waals surface area contributed by atoms with Crippen LogP contribution >= 0.6 is 15.9 Å². The molecule has 10 heteroatoms. The Bertz CT molecular complexity index is 775. The van der Waals surface area contributed by atoms with Crippen molar-refractivity contribution < 1.29 is 13.2 Å². The van der Waals surface area contributed by atoms with E-state index in [4.69, 9.17) is 0 Å². The van der Waals surface area contributed by atoms with Gasteiger partial charge in [-0.1, -0.05) is 0 Å². The fraction of sp³-hybridized carbons (Fsp3) is 0.438. The van der Waals surface area contributed by atoms with Crippen LogP contribution in [0.25, 0.3) is 0 Å². The lowest BCUT2D eigenvalue weighted by Gasteiger charge is -2.37. The Morgan fingerprint density at radius 2 is 1.73 bits per heavy atom. The summed E-state index contributed by atoms with van der Waals surface area (Å²) < 4.78 is 40.3. The summed E-state index contributed by atoms with van der Waals surface area (Å²) in [6, 6.07) is 2.88. The van der Waals surface area contributed by atoms with Gasteiger partial charge in [-0.15, -0.1) is 0 Å². The van der Waals surface area contributed by atoms with Crippen LogP contribution in [-0.4, -0.2) is 55.2 Å². The SMILES string of the molecule is CN(C)c1nccc(N2CCN(c3ncc(Br)cc3C(F)(F)F)CC2)n1. The van der Waals surface area contributed by atoms with Crippen molar-refractivity contribution in [2.24, 2.45) is 0 Å². The Morgan fingerprint density at radius 3 is 2.35 bits per heavy atom. The molecular weight excluding hydrogens is 413 g/mol. The van der Waals surface area contributed by atoms with E-state index in [1.54, 1.807) is 16.0 Å². The van der Waals surface area contributed by atoms with Crippen LogP contribution < -0.4 is 14.7 Å². The molecule has 26 heavy (non-hydrogen) atoms. The molecule has 0 unspecified atom stereocenters. The highest BCUT2D eigenvalue weighted by atomic mass is 79.9. The number of nitrogens with zero attached hydrogens (tertiary/aromatic N) is 6. The molecule has 1 aliphatic heterocycles. The van der Waals surface area contributed by atoms with Gasteiger partial charge >= 0.3 is 6.18 Å². The van der Waals surface area contributed by atoms with Gasteiger partial charge in [0.15, 0.2) is 0 Å². The second-order valence-corrected chi connectivity index (χ2v) is 7.02. The summed E-state index contributed by atoms with van der Waals surface area (Å²) >= 11 is 3.06. The zero-order valence-corrected chi connectivity index (χ0v) is 15.9. The van der Waals surface area contributed by atoms with Gasteiger partial charge in [0.25, 0.3) is 0 Å². The Kier molecular flexibility index (Phi) is 5.22. The molecule has 0 aromatic carbocycles. The molecule has 0 atom stereocenters. The molecule has 0 bridgehead atoms. The number of alkyl halides is 3. The van der Waals surface area contributed by atoms with Gasteiger partial charge in [0.1, 0.15) is 11.6 Å². The minimum atomic E-state index is -4.45. The average molecular weight is 431 g/mol. The highest BCUT2D eigenvalue weighted by Crippen LogP contribution is 2.37. The number of aromatic nitrogens is 3. The van der Waals surface area contributed by atoms with Gasteiger partial charge in [-0.3, -0.25) is 0 Å². The molecule has 2 aromatic rings. The number of hydrogen-bond acceptors (Lipinski definition) is 6. The fourth-order valence-corrected chi connectivity index (χ4v) is 3.10. The normalized spacial score (nSPS) is 15.3. The van der Waals surface area contributed by atoms with Gasteiger partial charge < -0.3 is 14.7 Å². The molecule has 3 heterocycles. The number of anilines is 3. The molecule has 6 nitrogen and oxygen atoms in total. The molecule has 2 aromatic heterocycles. The third-order valence-corrected chi connectivity index (χ3v) is 4.50. The van der Waals surface area contributed by atoms with E-state index in [-0.39, 0.29) is 5.82 Å². The summed E-state index contributed by atoms with van der Waals surface area (Å²) in [6.07, 6.45) is -1.37. The maximum Gasteiger partial charge on any atom is 0.419 e. The van der Waals surface area contributed by atoms with Crippen LogP contribution in [0.2, 0.25) is 0 Å². The minimum Gasteiger partial charge on any atom is -0.353 e. The van der Waals surface area contributed by atoms with E-state index in [9.17, 15) is 13.2 Å². The first-order valence-electron chi connectivity index (χ1n) is 7.98. The van der Waals surface area contributed by atoms with E-state index < -0.39 is 11.7 Å². The van der Waals surface area contributed by atoms with Crippen molar-refractivity contribution in [1.29, 1.82) is 0 Å². The number of halogens is 4. The molecule has 0 N–H and O–H groups in total. The lowest BCUT2D eigenvalue weighted by molar-refractivity contribution is -0.137. The predicted molar refractivity (Wildman–Crippen MR) is 97.7 cm³/mol. The topological polar surface area (TPSA) is 48.4 Å². The van der Waals surface area contributed by atoms with Gasteiger partial charge in [-0.05, 0) is 28.1 Å². The average Bonchev–Trinajstić information content (AvgIpc) is 2.61. The van der Waals surface area contributed by atoms with Crippen LogP contribution in [0.4, 0.5) is 30.8 Å².